The average molecular weight is 941 g/mol. The zero-order valence-corrected chi connectivity index (χ0v) is 42.6. The maximum Gasteiger partial charge on any atom is 0.250 e. The Balaban J connectivity index is 0.988. The second kappa shape index (κ2) is 16.6. The Morgan fingerprint density at radius 2 is 0.431 bits per heavy atom. The van der Waals surface area contributed by atoms with Gasteiger partial charge in [0.2, 0.25) is 25.3 Å². The molecule has 72 heavy (non-hydrogen) atoms. The molecule has 8 heteroatoms. The van der Waals surface area contributed by atoms with Crippen LogP contribution in [0.5, 0.6) is 0 Å². The molecule has 0 N–H and O–H groups in total. The topological polar surface area (TPSA) is 35.2 Å². The van der Waals surface area contributed by atoms with Gasteiger partial charge in [0.25, 0.3) is 0 Å². The number of benzene rings is 8. The van der Waals surface area contributed by atoms with E-state index in [-0.39, 0.29) is 0 Å². The smallest absolute Gasteiger partial charge is 0.225 e. The summed E-state index contributed by atoms with van der Waals surface area (Å²) in [5.74, 6) is 0. The van der Waals surface area contributed by atoms with Crippen LogP contribution < -0.4 is 18.3 Å². The van der Waals surface area contributed by atoms with Gasteiger partial charge in [-0.25, -0.2) is 18.3 Å². The van der Waals surface area contributed by atoms with Gasteiger partial charge in [-0.15, -0.1) is 0 Å². The van der Waals surface area contributed by atoms with Crippen molar-refractivity contribution in [3.63, 3.8) is 0 Å². The number of hydrogen-bond acceptors (Lipinski definition) is 0. The van der Waals surface area contributed by atoms with Crippen LogP contribution in [-0.2, 0) is 26.2 Å². The molecule has 352 valence electrons. The highest BCUT2D eigenvalue weighted by atomic mass is 15.2. The number of imidazole rings is 4. The van der Waals surface area contributed by atoms with Gasteiger partial charge >= 0.3 is 0 Å². The second-order valence-corrected chi connectivity index (χ2v) is 20.4. The molecular weight excluding hydrogens is 881 g/mol. The van der Waals surface area contributed by atoms with E-state index >= 15 is 0 Å². The molecule has 16 bridgehead atoms. The molecule has 0 atom stereocenters. The number of rotatable bonds is 0. The highest BCUT2D eigenvalue weighted by molar-refractivity contribution is 5.77. The Labute approximate surface area is 420 Å². The molecule has 22 rings (SSSR count). The third-order valence-electron chi connectivity index (χ3n) is 16.8. The van der Waals surface area contributed by atoms with Crippen molar-refractivity contribution >= 4 is 44.1 Å². The van der Waals surface area contributed by atoms with E-state index in [2.05, 4.69) is 263 Å². The molecule has 8 aromatic carbocycles. The van der Waals surface area contributed by atoms with Crippen molar-refractivity contribution in [1.82, 2.24) is 18.3 Å². The third-order valence-corrected chi connectivity index (χ3v) is 16.8. The number of fused-ring (bicyclic) bond motifs is 4. The summed E-state index contributed by atoms with van der Waals surface area (Å²) in [4.78, 5) is 0. The minimum absolute atomic E-state index is 0.780. The Morgan fingerprint density at radius 1 is 0.250 bits per heavy atom. The molecule has 4 aromatic heterocycles. The van der Waals surface area contributed by atoms with Gasteiger partial charge in [0.05, 0.1) is 0 Å². The maximum absolute atomic E-state index is 2.44. The van der Waals surface area contributed by atoms with Crippen molar-refractivity contribution in [2.45, 2.75) is 81.6 Å². The van der Waals surface area contributed by atoms with Crippen LogP contribution in [0.4, 0.5) is 0 Å². The predicted molar refractivity (Wildman–Crippen MR) is 288 cm³/mol. The van der Waals surface area contributed by atoms with E-state index in [0.717, 1.165) is 48.9 Å². The van der Waals surface area contributed by atoms with Crippen molar-refractivity contribution in [2.24, 2.45) is 0 Å². The summed E-state index contributed by atoms with van der Waals surface area (Å²) in [6.07, 6.45) is 9.19. The number of hydrogen-bond donors (Lipinski definition) is 0. The van der Waals surface area contributed by atoms with Gasteiger partial charge in [0, 0.05) is 0 Å². The Hall–Kier alpha value is -8.36. The van der Waals surface area contributed by atoms with Crippen LogP contribution in [0, 0.1) is 55.4 Å². The Morgan fingerprint density at radius 3 is 0.625 bits per heavy atom. The van der Waals surface area contributed by atoms with Crippen molar-refractivity contribution < 1.29 is 18.3 Å². The molecule has 0 spiro atoms. The molecule has 0 aliphatic carbocycles. The first-order valence-corrected chi connectivity index (χ1v) is 25.4. The fourth-order valence-corrected chi connectivity index (χ4v) is 12.1. The minimum atomic E-state index is 0.780. The molecule has 10 aliphatic rings. The highest BCUT2D eigenvalue weighted by Gasteiger charge is 2.27. The summed E-state index contributed by atoms with van der Waals surface area (Å²) >= 11 is 0. The van der Waals surface area contributed by atoms with E-state index in [4.69, 9.17) is 0 Å². The summed E-state index contributed by atoms with van der Waals surface area (Å²) in [7, 11) is 0. The van der Waals surface area contributed by atoms with Gasteiger partial charge in [-0.1, -0.05) is 48.5 Å². The van der Waals surface area contributed by atoms with Crippen molar-refractivity contribution in [3.05, 3.63) is 238 Å². The third kappa shape index (κ3) is 6.72. The van der Waals surface area contributed by atoms with Crippen molar-refractivity contribution in [3.8, 4) is 22.7 Å². The molecule has 8 nitrogen and oxygen atoms in total. The van der Waals surface area contributed by atoms with E-state index in [1.165, 1.54) is 111 Å². The summed E-state index contributed by atoms with van der Waals surface area (Å²) in [5.41, 5.74) is 30.5. The molecule has 0 fully saturated rings. The van der Waals surface area contributed by atoms with Crippen molar-refractivity contribution in [2.75, 3.05) is 0 Å². The van der Waals surface area contributed by atoms with Crippen LogP contribution >= 0.6 is 0 Å². The quantitative estimate of drug-likeness (QED) is 0.136. The fourth-order valence-electron chi connectivity index (χ4n) is 12.1. The zero-order chi connectivity index (χ0) is 49.1. The molecule has 0 amide bonds. The van der Waals surface area contributed by atoms with Gasteiger partial charge in [-0.05, 0) is 219 Å². The molecule has 0 saturated carbocycles. The van der Waals surface area contributed by atoms with E-state index in [9.17, 15) is 0 Å². The molecular formula is C64H60N8+4. The lowest BCUT2D eigenvalue weighted by atomic mass is 9.88. The second-order valence-electron chi connectivity index (χ2n) is 20.4. The standard InChI is InChI=1S/C64H60N8/c1-41-42(2)54-34-66-38-70(62-22-14-10-18-58(62)66)50-29-31-52(32-30-50)72-40-68(60-20-12-16-24-64(60)72)36-56-47(7)45(5)55(46(6)48(56)8)35-67-39-71(63-23-15-11-19-59(63)67)51-27-25-49(26-28-51)69-37-65(33-53(41)43(3)44(54)4)57-17-9-13-21-61(57)69/h9-32,37-40H,33-36H2,1-8H3/q+4. The van der Waals surface area contributed by atoms with Crippen LogP contribution in [0.15, 0.2) is 171 Å². The van der Waals surface area contributed by atoms with Crippen LogP contribution in [0.3, 0.4) is 0 Å². The highest BCUT2D eigenvalue weighted by Crippen LogP contribution is 2.31. The lowest BCUT2D eigenvalue weighted by molar-refractivity contribution is -0.663. The first-order chi connectivity index (χ1) is 35.0. The van der Waals surface area contributed by atoms with Gasteiger partial charge < -0.3 is 0 Å². The zero-order valence-electron chi connectivity index (χ0n) is 42.6. The van der Waals surface area contributed by atoms with Gasteiger partial charge in [-0.3, -0.25) is 0 Å². The molecule has 0 radical (unpaired) electrons. The van der Waals surface area contributed by atoms with E-state index in [0.29, 0.717) is 0 Å². The van der Waals surface area contributed by atoms with E-state index < -0.39 is 0 Å². The molecule has 0 saturated heterocycles. The number of para-hydroxylation sites is 8. The number of nitrogens with zero attached hydrogens (tertiary/aromatic N) is 8. The fraction of sp³-hybridized carbons (Fsp3) is 0.188. The normalized spacial score (nSPS) is 12.8. The molecule has 12 aromatic rings. The summed E-state index contributed by atoms with van der Waals surface area (Å²) < 4.78 is 19.2. The summed E-state index contributed by atoms with van der Waals surface area (Å²) in [6, 6.07) is 53.4. The minimum Gasteiger partial charge on any atom is -0.225 e. The van der Waals surface area contributed by atoms with Crippen LogP contribution in [-0.4, -0.2) is 18.3 Å². The largest absolute Gasteiger partial charge is 0.250 e. The van der Waals surface area contributed by atoms with Gasteiger partial charge in [-0.2, -0.15) is 18.3 Å². The van der Waals surface area contributed by atoms with E-state index in [1.54, 1.807) is 0 Å². The van der Waals surface area contributed by atoms with E-state index in [1.807, 2.05) is 0 Å². The van der Waals surface area contributed by atoms with Gasteiger partial charge in [0.1, 0.15) is 48.9 Å². The summed E-state index contributed by atoms with van der Waals surface area (Å²) in [5, 5.41) is 0. The molecule has 14 heterocycles. The SMILES string of the molecule is Cc1c(C)c2c(C)c(C)c1C[n+]1cn(c3ccccc31)-c1ccc(cc1)-n1c[n+](c3ccccc31)Cc1c(C)c(C)c(c(C)c1C)C[n+]1cn(c3ccccc31)-c1ccc(cc1)-n1c[n+](c3ccccc31)C2. The molecule has 0 unspecified atom stereocenters. The average Bonchev–Trinajstić information content (AvgIpc) is 4.19. The number of aromatic nitrogens is 8. The lowest BCUT2D eigenvalue weighted by Crippen LogP contribution is -2.35. The first kappa shape index (κ1) is 43.6. The summed E-state index contributed by atoms with van der Waals surface area (Å²) in [6.45, 7) is 21.7. The van der Waals surface area contributed by atoms with Gasteiger partial charge in [0.15, 0.2) is 44.1 Å². The Kier molecular flexibility index (Phi) is 10.1. The predicted octanol–water partition coefficient (Wildman–Crippen LogP) is 11.6. The lowest BCUT2D eigenvalue weighted by Gasteiger charge is -2.19. The van der Waals surface area contributed by atoms with Crippen LogP contribution in [0.1, 0.15) is 66.8 Å². The monoisotopic (exact) mass is 940 g/mol. The van der Waals surface area contributed by atoms with Crippen LogP contribution in [0.2, 0.25) is 0 Å². The Bertz CT molecular complexity index is 3580. The first-order valence-electron chi connectivity index (χ1n) is 25.4. The molecule has 10 aliphatic heterocycles. The maximum atomic E-state index is 2.44. The van der Waals surface area contributed by atoms with Crippen LogP contribution in [0.25, 0.3) is 66.9 Å². The van der Waals surface area contributed by atoms with Crippen molar-refractivity contribution in [1.29, 1.82) is 0 Å².